The summed E-state index contributed by atoms with van der Waals surface area (Å²) in [5.41, 5.74) is 7.69. The van der Waals surface area contributed by atoms with Crippen LogP contribution >= 0.6 is 0 Å². The first kappa shape index (κ1) is 27.3. The molecule has 2 aromatic heterocycles. The fraction of sp³-hybridized carbons (Fsp3) is 0.391. The molecular formula is C23H25F3N6O5S. The number of aryl methyl sites for hydroxylation is 1. The molecule has 5 rings (SSSR count). The Hall–Kier alpha value is -3.72. The number of carboxylic acid groups (broad SMARTS) is 1. The lowest BCUT2D eigenvalue weighted by molar-refractivity contribution is -0.192. The number of aromatic nitrogens is 4. The Balaban J connectivity index is 0.000000426. The summed E-state index contributed by atoms with van der Waals surface area (Å²) >= 11 is 0. The highest BCUT2D eigenvalue weighted by Crippen LogP contribution is 2.45. The SMILES string of the molecule is Cn1cnc(S(=O)(=O)N2CCC3(CC2)CCn2c(-c4ccc(C(N)=O)cc4)cnc23)c1.O=C(O)C(F)(F)F. The molecule has 1 amide bonds. The molecule has 1 spiro atoms. The van der Waals surface area contributed by atoms with Gasteiger partial charge in [0.05, 0.1) is 18.2 Å². The Bertz CT molecular complexity index is 1460. The van der Waals surface area contributed by atoms with Crippen LogP contribution in [-0.4, -0.2) is 68.1 Å². The van der Waals surface area contributed by atoms with E-state index in [1.54, 1.807) is 23.7 Å². The number of piperidine rings is 1. The minimum atomic E-state index is -5.08. The van der Waals surface area contributed by atoms with E-state index in [2.05, 4.69) is 9.55 Å². The summed E-state index contributed by atoms with van der Waals surface area (Å²) in [4.78, 5) is 29.0. The Labute approximate surface area is 215 Å². The molecule has 3 N–H and O–H groups in total. The molecule has 0 radical (unpaired) electrons. The molecule has 0 bridgehead atoms. The zero-order valence-electron chi connectivity index (χ0n) is 20.2. The quantitative estimate of drug-likeness (QED) is 0.501. The maximum atomic E-state index is 12.9. The van der Waals surface area contributed by atoms with Crippen molar-refractivity contribution in [3.05, 3.63) is 54.4 Å². The number of hydrogen-bond acceptors (Lipinski definition) is 6. The molecule has 0 atom stereocenters. The van der Waals surface area contributed by atoms with Crippen LogP contribution < -0.4 is 5.73 Å². The Morgan fingerprint density at radius 2 is 1.63 bits per heavy atom. The standard InChI is InChI=1S/C21H24N6O3S.C2HF3O2/c1-25-13-18(24-14-25)31(29,30)26-9-6-21(7-10-26)8-11-27-17(12-23-20(21)27)15-2-4-16(5-3-15)19(22)28;3-2(4,5)1(6)7/h2-5,12-14H,6-11H2,1H3,(H2,22,28);(H,6,7). The number of benzene rings is 1. The molecule has 0 saturated carbocycles. The second kappa shape index (κ2) is 9.87. The minimum Gasteiger partial charge on any atom is -0.475 e. The number of carboxylic acids is 1. The molecule has 2 aliphatic heterocycles. The number of nitrogens with zero attached hydrogens (tertiary/aromatic N) is 5. The van der Waals surface area contributed by atoms with Crippen molar-refractivity contribution in [2.24, 2.45) is 12.8 Å². The lowest BCUT2D eigenvalue weighted by Gasteiger charge is -2.37. The third-order valence-electron chi connectivity index (χ3n) is 6.82. The predicted molar refractivity (Wildman–Crippen MR) is 127 cm³/mol. The number of hydrogen-bond donors (Lipinski definition) is 2. The molecular weight excluding hydrogens is 529 g/mol. The lowest BCUT2D eigenvalue weighted by Crippen LogP contribution is -2.44. The van der Waals surface area contributed by atoms with Gasteiger partial charge in [0.1, 0.15) is 5.82 Å². The van der Waals surface area contributed by atoms with Gasteiger partial charge in [0, 0.05) is 43.9 Å². The van der Waals surface area contributed by atoms with Gasteiger partial charge < -0.3 is 20.0 Å². The minimum absolute atomic E-state index is 0.0977. The van der Waals surface area contributed by atoms with Gasteiger partial charge in [0.25, 0.3) is 10.0 Å². The number of fused-ring (bicyclic) bond motifs is 2. The first-order valence-electron chi connectivity index (χ1n) is 11.5. The van der Waals surface area contributed by atoms with E-state index in [9.17, 15) is 26.4 Å². The van der Waals surface area contributed by atoms with E-state index in [4.69, 9.17) is 20.6 Å². The van der Waals surface area contributed by atoms with Crippen LogP contribution in [-0.2, 0) is 33.8 Å². The van der Waals surface area contributed by atoms with Crippen LogP contribution in [0.4, 0.5) is 13.2 Å². The van der Waals surface area contributed by atoms with Gasteiger partial charge >= 0.3 is 12.1 Å². The molecule has 0 aliphatic carbocycles. The maximum absolute atomic E-state index is 12.9. The summed E-state index contributed by atoms with van der Waals surface area (Å²) < 4.78 is 63.0. The highest BCUT2D eigenvalue weighted by Gasteiger charge is 2.46. The van der Waals surface area contributed by atoms with Gasteiger partial charge in [0.2, 0.25) is 5.91 Å². The Morgan fingerprint density at radius 3 is 2.13 bits per heavy atom. The second-order valence-corrected chi connectivity index (χ2v) is 11.1. The number of alkyl halides is 3. The van der Waals surface area contributed by atoms with Gasteiger partial charge in [-0.1, -0.05) is 12.1 Å². The van der Waals surface area contributed by atoms with Crippen LogP contribution in [0.1, 0.15) is 35.4 Å². The number of imidazole rings is 2. The average molecular weight is 555 g/mol. The van der Waals surface area contributed by atoms with Gasteiger partial charge in [-0.3, -0.25) is 4.79 Å². The summed E-state index contributed by atoms with van der Waals surface area (Å²) in [5.74, 6) is -2.18. The van der Waals surface area contributed by atoms with Gasteiger partial charge in [-0.2, -0.15) is 17.5 Å². The summed E-state index contributed by atoms with van der Waals surface area (Å²) in [6.07, 6.45) is 2.24. The van der Waals surface area contributed by atoms with Crippen molar-refractivity contribution in [2.45, 2.75) is 42.4 Å². The summed E-state index contributed by atoms with van der Waals surface area (Å²) in [6, 6.07) is 7.22. The van der Waals surface area contributed by atoms with E-state index in [0.717, 1.165) is 42.9 Å². The van der Waals surface area contributed by atoms with Crippen molar-refractivity contribution in [2.75, 3.05) is 13.1 Å². The van der Waals surface area contributed by atoms with Crippen molar-refractivity contribution in [3.8, 4) is 11.3 Å². The monoisotopic (exact) mass is 554 g/mol. The molecule has 11 nitrogen and oxygen atoms in total. The van der Waals surface area contributed by atoms with Crippen molar-refractivity contribution < 1.29 is 36.3 Å². The van der Waals surface area contributed by atoms with Crippen LogP contribution in [0.15, 0.2) is 48.0 Å². The number of carbonyl (C=O) groups is 2. The second-order valence-electron chi connectivity index (χ2n) is 9.17. The third-order valence-corrected chi connectivity index (χ3v) is 8.60. The van der Waals surface area contributed by atoms with E-state index < -0.39 is 28.1 Å². The number of rotatable bonds is 4. The number of nitrogens with two attached hydrogens (primary N) is 1. The topological polar surface area (TPSA) is 153 Å². The van der Waals surface area contributed by atoms with E-state index in [1.165, 1.54) is 16.8 Å². The van der Waals surface area contributed by atoms with E-state index in [-0.39, 0.29) is 10.4 Å². The van der Waals surface area contributed by atoms with Crippen molar-refractivity contribution >= 4 is 21.9 Å². The van der Waals surface area contributed by atoms with Gasteiger partial charge in [-0.05, 0) is 37.0 Å². The van der Waals surface area contributed by atoms with Crippen LogP contribution in [0.2, 0.25) is 0 Å². The molecule has 1 aromatic carbocycles. The number of carbonyl (C=O) groups excluding carboxylic acids is 1. The van der Waals surface area contributed by atoms with Crippen molar-refractivity contribution in [3.63, 3.8) is 0 Å². The zero-order chi connectivity index (χ0) is 27.9. The summed E-state index contributed by atoms with van der Waals surface area (Å²) in [6.45, 7) is 1.75. The Kier molecular flexibility index (Phi) is 7.09. The smallest absolute Gasteiger partial charge is 0.475 e. The molecule has 38 heavy (non-hydrogen) atoms. The molecule has 4 heterocycles. The zero-order valence-corrected chi connectivity index (χ0v) is 21.0. The number of amides is 1. The van der Waals surface area contributed by atoms with Crippen LogP contribution in [0.5, 0.6) is 0 Å². The summed E-state index contributed by atoms with van der Waals surface area (Å²) in [7, 11) is -1.82. The van der Waals surface area contributed by atoms with Crippen molar-refractivity contribution in [1.29, 1.82) is 0 Å². The first-order chi connectivity index (χ1) is 17.7. The van der Waals surface area contributed by atoms with Crippen molar-refractivity contribution in [1.82, 2.24) is 23.4 Å². The largest absolute Gasteiger partial charge is 0.490 e. The summed E-state index contributed by atoms with van der Waals surface area (Å²) in [5, 5.41) is 7.22. The van der Waals surface area contributed by atoms with Gasteiger partial charge in [-0.15, -0.1) is 0 Å². The molecule has 1 fully saturated rings. The highest BCUT2D eigenvalue weighted by molar-refractivity contribution is 7.89. The van der Waals surface area contributed by atoms with E-state index in [0.29, 0.717) is 18.7 Å². The van der Waals surface area contributed by atoms with Gasteiger partial charge in [-0.25, -0.2) is 23.2 Å². The average Bonchev–Trinajstić information content (AvgIpc) is 3.57. The number of primary amides is 1. The maximum Gasteiger partial charge on any atom is 0.490 e. The fourth-order valence-corrected chi connectivity index (χ4v) is 6.19. The molecule has 15 heteroatoms. The Morgan fingerprint density at radius 1 is 1.05 bits per heavy atom. The first-order valence-corrected chi connectivity index (χ1v) is 12.9. The highest BCUT2D eigenvalue weighted by atomic mass is 32.2. The van der Waals surface area contributed by atoms with Crippen LogP contribution in [0.3, 0.4) is 0 Å². The van der Waals surface area contributed by atoms with E-state index in [1.807, 2.05) is 18.3 Å². The molecule has 3 aromatic rings. The van der Waals surface area contributed by atoms with Crippen LogP contribution in [0, 0.1) is 0 Å². The number of halogens is 3. The molecule has 0 unspecified atom stereocenters. The molecule has 1 saturated heterocycles. The molecule has 2 aliphatic rings. The molecule has 204 valence electrons. The third kappa shape index (κ3) is 5.15. The lowest BCUT2D eigenvalue weighted by atomic mass is 9.77. The number of aliphatic carboxylic acids is 1. The van der Waals surface area contributed by atoms with Crippen LogP contribution in [0.25, 0.3) is 11.3 Å². The normalized spacial score (nSPS) is 17.1. The van der Waals surface area contributed by atoms with Gasteiger partial charge in [0.15, 0.2) is 5.03 Å². The number of sulfonamides is 1. The van der Waals surface area contributed by atoms with E-state index >= 15 is 0 Å². The predicted octanol–water partition coefficient (Wildman–Crippen LogP) is 2.14. The fourth-order valence-electron chi connectivity index (χ4n) is 4.78.